The summed E-state index contributed by atoms with van der Waals surface area (Å²) in [7, 11) is 1.59. The lowest BCUT2D eigenvalue weighted by Gasteiger charge is -2.11. The summed E-state index contributed by atoms with van der Waals surface area (Å²) in [6.45, 7) is 0.353. The number of urea groups is 1. The van der Waals surface area contributed by atoms with Crippen molar-refractivity contribution in [1.82, 2.24) is 10.6 Å². The Hall–Kier alpha value is -2.73. The van der Waals surface area contributed by atoms with Gasteiger partial charge in [0.1, 0.15) is 5.75 Å². The standard InChI is InChI=1S/C19H20ClN3O3/c1-26-15-4-2-3-12(9-15)11-21-19(25)23-14-7-8-17(20)16(10-14)18(24)22-13-5-6-13/h2-4,7-10,13H,5-6,11H2,1H3,(H,22,24)(H2,21,23,25). The van der Waals surface area contributed by atoms with Crippen LogP contribution in [0.2, 0.25) is 5.02 Å². The van der Waals surface area contributed by atoms with Gasteiger partial charge in [-0.3, -0.25) is 4.79 Å². The first kappa shape index (κ1) is 18.1. The van der Waals surface area contributed by atoms with E-state index in [4.69, 9.17) is 16.3 Å². The van der Waals surface area contributed by atoms with Crippen LogP contribution < -0.4 is 20.7 Å². The number of carbonyl (C=O) groups is 2. The van der Waals surface area contributed by atoms with Crippen molar-refractivity contribution in [3.8, 4) is 5.75 Å². The smallest absolute Gasteiger partial charge is 0.319 e. The molecule has 0 atom stereocenters. The maximum Gasteiger partial charge on any atom is 0.319 e. The molecule has 3 N–H and O–H groups in total. The van der Waals surface area contributed by atoms with Crippen LogP contribution in [-0.4, -0.2) is 25.1 Å². The van der Waals surface area contributed by atoms with E-state index < -0.39 is 0 Å². The predicted molar refractivity (Wildman–Crippen MR) is 101 cm³/mol. The summed E-state index contributed by atoms with van der Waals surface area (Å²) in [5, 5.41) is 8.72. The molecule has 0 heterocycles. The molecular weight excluding hydrogens is 354 g/mol. The largest absolute Gasteiger partial charge is 0.497 e. The molecule has 0 unspecified atom stereocenters. The molecule has 0 saturated heterocycles. The minimum absolute atomic E-state index is 0.224. The monoisotopic (exact) mass is 373 g/mol. The molecule has 0 radical (unpaired) electrons. The van der Waals surface area contributed by atoms with Crippen molar-refractivity contribution < 1.29 is 14.3 Å². The average molecular weight is 374 g/mol. The lowest BCUT2D eigenvalue weighted by molar-refractivity contribution is 0.0951. The van der Waals surface area contributed by atoms with Gasteiger partial charge >= 0.3 is 6.03 Å². The van der Waals surface area contributed by atoms with Crippen molar-refractivity contribution >= 4 is 29.2 Å². The molecule has 136 valence electrons. The van der Waals surface area contributed by atoms with E-state index in [0.717, 1.165) is 24.2 Å². The highest BCUT2D eigenvalue weighted by molar-refractivity contribution is 6.34. The van der Waals surface area contributed by atoms with Crippen LogP contribution in [0.4, 0.5) is 10.5 Å². The first-order valence-electron chi connectivity index (χ1n) is 8.33. The number of carbonyl (C=O) groups excluding carboxylic acids is 2. The summed E-state index contributed by atoms with van der Waals surface area (Å²) < 4.78 is 5.16. The van der Waals surface area contributed by atoms with Crippen molar-refractivity contribution in [2.75, 3.05) is 12.4 Å². The Morgan fingerprint density at radius 1 is 1.19 bits per heavy atom. The molecule has 6 nitrogen and oxygen atoms in total. The van der Waals surface area contributed by atoms with Gasteiger partial charge in [0.05, 0.1) is 17.7 Å². The molecule has 0 aliphatic heterocycles. The summed E-state index contributed by atoms with van der Waals surface area (Å²) in [6.07, 6.45) is 1.99. The normalized spacial score (nSPS) is 13.0. The fourth-order valence-electron chi connectivity index (χ4n) is 2.41. The number of halogens is 1. The van der Waals surface area contributed by atoms with E-state index in [0.29, 0.717) is 22.8 Å². The van der Waals surface area contributed by atoms with E-state index in [9.17, 15) is 9.59 Å². The number of ether oxygens (including phenoxy) is 1. The van der Waals surface area contributed by atoms with Crippen LogP contribution in [0, 0.1) is 0 Å². The van der Waals surface area contributed by atoms with Crippen LogP contribution in [0.15, 0.2) is 42.5 Å². The third-order valence-electron chi connectivity index (χ3n) is 3.97. The van der Waals surface area contributed by atoms with Crippen molar-refractivity contribution in [3.05, 3.63) is 58.6 Å². The average Bonchev–Trinajstić information content (AvgIpc) is 3.45. The maximum atomic E-state index is 12.2. The highest BCUT2D eigenvalue weighted by Crippen LogP contribution is 2.24. The van der Waals surface area contributed by atoms with Gasteiger partial charge in [-0.25, -0.2) is 4.79 Å². The second-order valence-electron chi connectivity index (χ2n) is 6.10. The zero-order valence-corrected chi connectivity index (χ0v) is 15.1. The summed E-state index contributed by atoms with van der Waals surface area (Å²) in [5.74, 6) is 0.506. The Labute approximate surface area is 156 Å². The molecule has 0 spiro atoms. The lowest BCUT2D eigenvalue weighted by atomic mass is 10.2. The minimum atomic E-state index is -0.372. The van der Waals surface area contributed by atoms with Crippen LogP contribution in [0.1, 0.15) is 28.8 Å². The number of methoxy groups -OCH3 is 1. The van der Waals surface area contributed by atoms with Gasteiger partial charge < -0.3 is 20.7 Å². The quantitative estimate of drug-likeness (QED) is 0.724. The lowest BCUT2D eigenvalue weighted by Crippen LogP contribution is -2.29. The zero-order valence-electron chi connectivity index (χ0n) is 14.3. The summed E-state index contributed by atoms with van der Waals surface area (Å²) in [4.78, 5) is 24.3. The molecule has 0 aromatic heterocycles. The van der Waals surface area contributed by atoms with Crippen molar-refractivity contribution in [3.63, 3.8) is 0 Å². The molecule has 0 bridgehead atoms. The predicted octanol–water partition coefficient (Wildman–Crippen LogP) is 3.56. The van der Waals surface area contributed by atoms with Gasteiger partial charge in [-0.1, -0.05) is 23.7 Å². The molecule has 3 amide bonds. The third-order valence-corrected chi connectivity index (χ3v) is 4.30. The second kappa shape index (κ2) is 8.10. The molecule has 2 aromatic carbocycles. The summed E-state index contributed by atoms with van der Waals surface area (Å²) >= 11 is 6.10. The van der Waals surface area contributed by atoms with Gasteiger partial charge in [-0.05, 0) is 48.7 Å². The maximum absolute atomic E-state index is 12.2. The summed E-state index contributed by atoms with van der Waals surface area (Å²) in [6, 6.07) is 12.1. The first-order chi connectivity index (χ1) is 12.5. The SMILES string of the molecule is COc1cccc(CNC(=O)Nc2ccc(Cl)c(C(=O)NC3CC3)c2)c1. The number of benzene rings is 2. The van der Waals surface area contributed by atoms with E-state index in [1.165, 1.54) is 0 Å². The second-order valence-corrected chi connectivity index (χ2v) is 6.51. The molecule has 7 heteroatoms. The molecule has 3 rings (SSSR count). The molecule has 2 aromatic rings. The van der Waals surface area contributed by atoms with E-state index in [1.807, 2.05) is 24.3 Å². The van der Waals surface area contributed by atoms with Crippen LogP contribution in [0.25, 0.3) is 0 Å². The van der Waals surface area contributed by atoms with E-state index in [1.54, 1.807) is 25.3 Å². The first-order valence-corrected chi connectivity index (χ1v) is 8.71. The van der Waals surface area contributed by atoms with Gasteiger partial charge in [-0.15, -0.1) is 0 Å². The number of anilines is 1. The van der Waals surface area contributed by atoms with Crippen LogP contribution in [-0.2, 0) is 6.54 Å². The van der Waals surface area contributed by atoms with Crippen LogP contribution in [0.5, 0.6) is 5.75 Å². The third kappa shape index (κ3) is 4.89. The number of hydrogen-bond donors (Lipinski definition) is 3. The number of amides is 3. The highest BCUT2D eigenvalue weighted by Gasteiger charge is 2.24. The van der Waals surface area contributed by atoms with Crippen molar-refractivity contribution in [2.24, 2.45) is 0 Å². The topological polar surface area (TPSA) is 79.5 Å². The van der Waals surface area contributed by atoms with Crippen LogP contribution in [0.3, 0.4) is 0 Å². The Kier molecular flexibility index (Phi) is 5.63. The van der Waals surface area contributed by atoms with Gasteiger partial charge in [0.2, 0.25) is 0 Å². The molecule has 1 aliphatic carbocycles. The van der Waals surface area contributed by atoms with Gasteiger partial charge in [0.15, 0.2) is 0 Å². The zero-order chi connectivity index (χ0) is 18.5. The van der Waals surface area contributed by atoms with Gasteiger partial charge in [-0.2, -0.15) is 0 Å². The van der Waals surface area contributed by atoms with E-state index >= 15 is 0 Å². The fourth-order valence-corrected chi connectivity index (χ4v) is 2.61. The van der Waals surface area contributed by atoms with E-state index in [2.05, 4.69) is 16.0 Å². The molecule has 1 aliphatic rings. The fraction of sp³-hybridized carbons (Fsp3) is 0.263. The van der Waals surface area contributed by atoms with Crippen molar-refractivity contribution in [2.45, 2.75) is 25.4 Å². The van der Waals surface area contributed by atoms with Crippen molar-refractivity contribution in [1.29, 1.82) is 0 Å². The molecule has 26 heavy (non-hydrogen) atoms. The number of nitrogens with one attached hydrogen (secondary N) is 3. The molecule has 1 fully saturated rings. The highest BCUT2D eigenvalue weighted by atomic mass is 35.5. The molecule has 1 saturated carbocycles. The minimum Gasteiger partial charge on any atom is -0.497 e. The van der Waals surface area contributed by atoms with E-state index in [-0.39, 0.29) is 18.0 Å². The Balaban J connectivity index is 1.58. The Morgan fingerprint density at radius 3 is 2.73 bits per heavy atom. The Morgan fingerprint density at radius 2 is 2.00 bits per heavy atom. The summed E-state index contributed by atoms with van der Waals surface area (Å²) in [5.41, 5.74) is 1.77. The number of hydrogen-bond acceptors (Lipinski definition) is 3. The molecular formula is C19H20ClN3O3. The Bertz CT molecular complexity index is 821. The van der Waals surface area contributed by atoms with Crippen LogP contribution >= 0.6 is 11.6 Å². The number of rotatable bonds is 6. The van der Waals surface area contributed by atoms with Gasteiger partial charge in [0.25, 0.3) is 5.91 Å². The van der Waals surface area contributed by atoms with Gasteiger partial charge in [0, 0.05) is 18.3 Å².